The molecule has 0 atom stereocenters. The first kappa shape index (κ1) is 19.7. The molecule has 0 amide bonds. The van der Waals surface area contributed by atoms with Crippen LogP contribution in [0.25, 0.3) is 0 Å². The zero-order valence-corrected chi connectivity index (χ0v) is 16.1. The lowest BCUT2D eigenvalue weighted by Gasteiger charge is -2.13. The minimum absolute atomic E-state index is 0. The van der Waals surface area contributed by atoms with Crippen molar-refractivity contribution >= 4 is 45.9 Å². The minimum atomic E-state index is 0. The van der Waals surface area contributed by atoms with Gasteiger partial charge in [-0.15, -0.1) is 24.0 Å². The number of aliphatic imine (C=N–C) groups is 1. The summed E-state index contributed by atoms with van der Waals surface area (Å²) in [6.07, 6.45) is 0. The molecule has 0 unspecified atom stereocenters. The molecule has 0 fully saturated rings. The van der Waals surface area contributed by atoms with E-state index in [1.165, 1.54) is 11.1 Å². The molecular formula is C14H23BrIN3O. The Morgan fingerprint density at radius 1 is 1.35 bits per heavy atom. The van der Waals surface area contributed by atoms with Crippen molar-refractivity contribution in [2.75, 3.05) is 26.8 Å². The Hall–Kier alpha value is -0.340. The largest absolute Gasteiger partial charge is 0.380 e. The number of hydrogen-bond acceptors (Lipinski definition) is 2. The van der Waals surface area contributed by atoms with Gasteiger partial charge < -0.3 is 15.4 Å². The number of hydrogen-bond donors (Lipinski definition) is 2. The molecule has 0 aliphatic rings. The summed E-state index contributed by atoms with van der Waals surface area (Å²) in [6, 6.07) is 6.28. The highest BCUT2D eigenvalue weighted by molar-refractivity contribution is 14.0. The van der Waals surface area contributed by atoms with Gasteiger partial charge in [0.1, 0.15) is 0 Å². The molecule has 0 aromatic heterocycles. The molecule has 0 spiro atoms. The number of guanidine groups is 1. The third-order valence-corrected chi connectivity index (χ3v) is 3.21. The van der Waals surface area contributed by atoms with Crippen LogP contribution in [0.1, 0.15) is 18.1 Å². The fraction of sp³-hybridized carbons (Fsp3) is 0.500. The maximum Gasteiger partial charge on any atom is 0.191 e. The van der Waals surface area contributed by atoms with E-state index >= 15 is 0 Å². The Kier molecular flexibility index (Phi) is 11.1. The Morgan fingerprint density at radius 2 is 2.10 bits per heavy atom. The second-order valence-electron chi connectivity index (χ2n) is 4.12. The molecule has 1 aromatic carbocycles. The maximum absolute atomic E-state index is 5.27. The monoisotopic (exact) mass is 455 g/mol. The standard InChI is InChI=1S/C14H22BrN3O.HI/c1-4-19-8-7-17-14(16-3)18-10-12-5-6-13(15)9-11(12)2;/h5-6,9H,4,7-8,10H2,1-3H3,(H2,16,17,18);1H. The van der Waals surface area contributed by atoms with E-state index in [-0.39, 0.29) is 24.0 Å². The van der Waals surface area contributed by atoms with E-state index in [9.17, 15) is 0 Å². The van der Waals surface area contributed by atoms with Gasteiger partial charge in [0, 0.05) is 31.2 Å². The highest BCUT2D eigenvalue weighted by Crippen LogP contribution is 2.15. The molecule has 0 heterocycles. The molecule has 0 saturated carbocycles. The van der Waals surface area contributed by atoms with Gasteiger partial charge in [-0.05, 0) is 37.1 Å². The van der Waals surface area contributed by atoms with Gasteiger partial charge >= 0.3 is 0 Å². The number of nitrogens with one attached hydrogen (secondary N) is 2. The summed E-state index contributed by atoms with van der Waals surface area (Å²) < 4.78 is 6.38. The molecule has 6 heteroatoms. The van der Waals surface area contributed by atoms with Gasteiger partial charge in [-0.3, -0.25) is 4.99 Å². The van der Waals surface area contributed by atoms with Gasteiger partial charge in [0.15, 0.2) is 5.96 Å². The lowest BCUT2D eigenvalue weighted by atomic mass is 10.1. The van der Waals surface area contributed by atoms with E-state index < -0.39 is 0 Å². The molecule has 0 aliphatic heterocycles. The summed E-state index contributed by atoms with van der Waals surface area (Å²) in [4.78, 5) is 4.18. The van der Waals surface area contributed by atoms with Crippen LogP contribution in [0.2, 0.25) is 0 Å². The van der Waals surface area contributed by atoms with Gasteiger partial charge in [0.2, 0.25) is 0 Å². The fourth-order valence-electron chi connectivity index (χ4n) is 1.64. The third kappa shape index (κ3) is 7.44. The van der Waals surface area contributed by atoms with Crippen molar-refractivity contribution in [2.24, 2.45) is 4.99 Å². The molecule has 1 rings (SSSR count). The SMILES string of the molecule is CCOCCNC(=NC)NCc1ccc(Br)cc1C.I. The Bertz CT molecular complexity index is 427. The van der Waals surface area contributed by atoms with E-state index in [2.05, 4.69) is 56.7 Å². The first-order chi connectivity index (χ1) is 9.17. The topological polar surface area (TPSA) is 45.6 Å². The molecule has 114 valence electrons. The number of halogens is 2. The Labute approximate surface area is 146 Å². The zero-order valence-electron chi connectivity index (χ0n) is 12.2. The lowest BCUT2D eigenvalue weighted by molar-refractivity contribution is 0.152. The van der Waals surface area contributed by atoms with Crippen molar-refractivity contribution in [3.8, 4) is 0 Å². The van der Waals surface area contributed by atoms with E-state index in [4.69, 9.17) is 4.74 Å². The van der Waals surface area contributed by atoms with E-state index in [1.807, 2.05) is 6.92 Å². The van der Waals surface area contributed by atoms with Gasteiger partial charge in [-0.2, -0.15) is 0 Å². The van der Waals surface area contributed by atoms with Gasteiger partial charge in [-0.25, -0.2) is 0 Å². The average Bonchev–Trinajstić information content (AvgIpc) is 2.40. The molecule has 4 nitrogen and oxygen atoms in total. The second-order valence-corrected chi connectivity index (χ2v) is 5.04. The van der Waals surface area contributed by atoms with E-state index in [0.717, 1.165) is 30.1 Å². The van der Waals surface area contributed by atoms with Gasteiger partial charge in [0.25, 0.3) is 0 Å². The van der Waals surface area contributed by atoms with E-state index in [1.54, 1.807) is 7.05 Å². The molecule has 1 aromatic rings. The first-order valence-electron chi connectivity index (χ1n) is 6.44. The van der Waals surface area contributed by atoms with Crippen molar-refractivity contribution in [3.63, 3.8) is 0 Å². The second kappa shape index (κ2) is 11.3. The maximum atomic E-state index is 5.27. The van der Waals surface area contributed by atoms with Crippen LogP contribution in [0.4, 0.5) is 0 Å². The minimum Gasteiger partial charge on any atom is -0.380 e. The van der Waals surface area contributed by atoms with Crippen molar-refractivity contribution in [1.82, 2.24) is 10.6 Å². The van der Waals surface area contributed by atoms with Crippen LogP contribution >= 0.6 is 39.9 Å². The average molecular weight is 456 g/mol. The number of aryl methyl sites for hydroxylation is 1. The van der Waals surface area contributed by atoms with Crippen molar-refractivity contribution in [1.29, 1.82) is 0 Å². The molecule has 0 saturated heterocycles. The fourth-order valence-corrected chi connectivity index (χ4v) is 2.12. The Morgan fingerprint density at radius 3 is 2.70 bits per heavy atom. The molecular weight excluding hydrogens is 433 g/mol. The van der Waals surface area contributed by atoms with Crippen LogP contribution in [0.15, 0.2) is 27.7 Å². The van der Waals surface area contributed by atoms with Crippen LogP contribution in [0.3, 0.4) is 0 Å². The smallest absolute Gasteiger partial charge is 0.191 e. The Balaban J connectivity index is 0.00000361. The summed E-state index contributed by atoms with van der Waals surface area (Å²) in [5.74, 6) is 0.794. The summed E-state index contributed by atoms with van der Waals surface area (Å²) in [7, 11) is 1.77. The van der Waals surface area contributed by atoms with Crippen LogP contribution in [-0.2, 0) is 11.3 Å². The highest BCUT2D eigenvalue weighted by atomic mass is 127. The molecule has 0 aliphatic carbocycles. The molecule has 0 radical (unpaired) electrons. The third-order valence-electron chi connectivity index (χ3n) is 2.72. The van der Waals surface area contributed by atoms with Gasteiger partial charge in [-0.1, -0.05) is 22.0 Å². The zero-order chi connectivity index (χ0) is 14.1. The van der Waals surface area contributed by atoms with Crippen molar-refractivity contribution in [2.45, 2.75) is 20.4 Å². The predicted octanol–water partition coefficient (Wildman–Crippen LogP) is 3.08. The van der Waals surface area contributed by atoms with Crippen LogP contribution in [-0.4, -0.2) is 32.8 Å². The highest BCUT2D eigenvalue weighted by Gasteiger charge is 2.01. The number of benzene rings is 1. The lowest BCUT2D eigenvalue weighted by Crippen LogP contribution is -2.38. The first-order valence-corrected chi connectivity index (χ1v) is 7.24. The van der Waals surface area contributed by atoms with E-state index in [0.29, 0.717) is 6.61 Å². The van der Waals surface area contributed by atoms with Crippen LogP contribution < -0.4 is 10.6 Å². The predicted molar refractivity (Wildman–Crippen MR) is 99.0 cm³/mol. The molecule has 0 bridgehead atoms. The molecule has 20 heavy (non-hydrogen) atoms. The van der Waals surface area contributed by atoms with Crippen molar-refractivity contribution < 1.29 is 4.74 Å². The summed E-state index contributed by atoms with van der Waals surface area (Å²) in [5, 5.41) is 6.50. The number of rotatable bonds is 6. The van der Waals surface area contributed by atoms with Gasteiger partial charge in [0.05, 0.1) is 6.61 Å². The molecule has 2 N–H and O–H groups in total. The normalized spacial score (nSPS) is 10.9. The summed E-state index contributed by atoms with van der Waals surface area (Å²) in [5.41, 5.74) is 2.52. The van der Waals surface area contributed by atoms with Crippen LogP contribution in [0, 0.1) is 6.92 Å². The quantitative estimate of drug-likeness (QED) is 0.300. The van der Waals surface area contributed by atoms with Crippen molar-refractivity contribution in [3.05, 3.63) is 33.8 Å². The van der Waals surface area contributed by atoms with Crippen LogP contribution in [0.5, 0.6) is 0 Å². The summed E-state index contributed by atoms with van der Waals surface area (Å²) >= 11 is 3.47. The number of nitrogens with zero attached hydrogens (tertiary/aromatic N) is 1. The number of ether oxygens (including phenoxy) is 1. The summed E-state index contributed by atoms with van der Waals surface area (Å²) in [6.45, 7) is 7.04.